The van der Waals surface area contributed by atoms with Crippen LogP contribution in [-0.4, -0.2) is 63.4 Å². The molecule has 0 atom stereocenters. The van der Waals surface area contributed by atoms with Crippen molar-refractivity contribution in [2.45, 2.75) is 19.9 Å². The number of aliphatic imine (C=N–C) groups is 1. The number of hydrogen-bond donors (Lipinski definition) is 2. The van der Waals surface area contributed by atoms with Crippen molar-refractivity contribution in [3.8, 4) is 5.75 Å². The molecule has 0 spiro atoms. The highest BCUT2D eigenvalue weighted by atomic mass is 19.1. The molecule has 7 heteroatoms. The highest BCUT2D eigenvalue weighted by Gasteiger charge is 2.10. The van der Waals surface area contributed by atoms with Crippen molar-refractivity contribution >= 4 is 5.96 Å². The van der Waals surface area contributed by atoms with Gasteiger partial charge in [-0.25, -0.2) is 9.38 Å². The number of ether oxygens (including phenoxy) is 2. The molecule has 0 radical (unpaired) electrons. The number of halogens is 1. The van der Waals surface area contributed by atoms with Crippen LogP contribution in [0.3, 0.4) is 0 Å². The van der Waals surface area contributed by atoms with Crippen molar-refractivity contribution in [3.05, 3.63) is 65.5 Å². The molecule has 3 rings (SSSR count). The number of guanidine groups is 1. The fourth-order valence-electron chi connectivity index (χ4n) is 3.41. The zero-order chi connectivity index (χ0) is 21.7. The zero-order valence-corrected chi connectivity index (χ0v) is 18.3. The summed E-state index contributed by atoms with van der Waals surface area (Å²) in [4.78, 5) is 7.06. The quantitative estimate of drug-likeness (QED) is 0.450. The van der Waals surface area contributed by atoms with Gasteiger partial charge in [-0.1, -0.05) is 30.3 Å². The van der Waals surface area contributed by atoms with E-state index >= 15 is 0 Å². The van der Waals surface area contributed by atoms with Crippen LogP contribution in [0.1, 0.15) is 18.1 Å². The Hall–Kier alpha value is -2.64. The molecule has 1 saturated heterocycles. The SMILES string of the molecule is CCNC(=NCc1ccccc1OCCN1CCOCC1)NCCc1cccc(F)c1. The van der Waals surface area contributed by atoms with Gasteiger partial charge in [0, 0.05) is 38.3 Å². The first-order chi connectivity index (χ1) is 15.2. The Kier molecular flexibility index (Phi) is 9.60. The van der Waals surface area contributed by atoms with E-state index in [0.717, 1.165) is 68.6 Å². The van der Waals surface area contributed by atoms with Gasteiger partial charge in [-0.3, -0.25) is 4.90 Å². The van der Waals surface area contributed by atoms with Crippen LogP contribution in [-0.2, 0) is 17.7 Å². The summed E-state index contributed by atoms with van der Waals surface area (Å²) in [6, 6.07) is 14.7. The number of nitrogens with zero attached hydrogens (tertiary/aromatic N) is 2. The van der Waals surface area contributed by atoms with Gasteiger partial charge in [-0.05, 0) is 37.1 Å². The monoisotopic (exact) mass is 428 g/mol. The Balaban J connectivity index is 1.51. The minimum Gasteiger partial charge on any atom is -0.492 e. The molecule has 1 aliphatic heterocycles. The maximum Gasteiger partial charge on any atom is 0.191 e. The van der Waals surface area contributed by atoms with E-state index in [1.165, 1.54) is 6.07 Å². The molecule has 6 nitrogen and oxygen atoms in total. The number of morpholine rings is 1. The lowest BCUT2D eigenvalue weighted by Crippen LogP contribution is -2.38. The Morgan fingerprint density at radius 3 is 2.77 bits per heavy atom. The van der Waals surface area contributed by atoms with Crippen molar-refractivity contribution < 1.29 is 13.9 Å². The number of nitrogens with one attached hydrogen (secondary N) is 2. The first kappa shape index (κ1) is 23.0. The zero-order valence-electron chi connectivity index (χ0n) is 18.3. The van der Waals surface area contributed by atoms with Crippen LogP contribution in [0.5, 0.6) is 5.75 Å². The Morgan fingerprint density at radius 2 is 1.97 bits per heavy atom. The van der Waals surface area contributed by atoms with E-state index in [4.69, 9.17) is 14.5 Å². The molecular weight excluding hydrogens is 395 g/mol. The lowest BCUT2D eigenvalue weighted by Gasteiger charge is -2.26. The third-order valence-electron chi connectivity index (χ3n) is 5.09. The lowest BCUT2D eigenvalue weighted by molar-refractivity contribution is 0.0322. The van der Waals surface area contributed by atoms with Gasteiger partial charge in [0.25, 0.3) is 0 Å². The first-order valence-corrected chi connectivity index (χ1v) is 11.0. The number of rotatable bonds is 10. The molecule has 0 aromatic heterocycles. The summed E-state index contributed by atoms with van der Waals surface area (Å²) in [7, 11) is 0. The van der Waals surface area contributed by atoms with Crippen LogP contribution < -0.4 is 15.4 Å². The third-order valence-corrected chi connectivity index (χ3v) is 5.09. The normalized spacial score (nSPS) is 15.0. The molecule has 0 bridgehead atoms. The maximum absolute atomic E-state index is 13.3. The maximum atomic E-state index is 13.3. The predicted octanol–water partition coefficient (Wildman–Crippen LogP) is 2.83. The van der Waals surface area contributed by atoms with E-state index < -0.39 is 0 Å². The van der Waals surface area contributed by atoms with E-state index in [0.29, 0.717) is 19.7 Å². The summed E-state index contributed by atoms with van der Waals surface area (Å²) in [5.74, 6) is 1.40. The molecule has 2 aromatic carbocycles. The average molecular weight is 429 g/mol. The highest BCUT2D eigenvalue weighted by Crippen LogP contribution is 2.19. The van der Waals surface area contributed by atoms with Gasteiger partial charge in [0.2, 0.25) is 0 Å². The minimum atomic E-state index is -0.205. The number of hydrogen-bond acceptors (Lipinski definition) is 4. The van der Waals surface area contributed by atoms with Gasteiger partial charge in [0.05, 0.1) is 19.8 Å². The van der Waals surface area contributed by atoms with E-state index in [2.05, 4.69) is 15.5 Å². The summed E-state index contributed by atoms with van der Waals surface area (Å²) in [5.41, 5.74) is 2.01. The standard InChI is InChI=1S/C24H33FN4O2/c1-2-26-24(27-11-10-20-6-5-8-22(25)18-20)28-19-21-7-3-4-9-23(21)31-17-14-29-12-15-30-16-13-29/h3-9,18H,2,10-17,19H2,1H3,(H2,26,27,28). The van der Waals surface area contributed by atoms with Crippen molar-refractivity contribution in [2.24, 2.45) is 4.99 Å². The van der Waals surface area contributed by atoms with Gasteiger partial charge < -0.3 is 20.1 Å². The lowest BCUT2D eigenvalue weighted by atomic mass is 10.1. The molecule has 1 aliphatic rings. The number of para-hydroxylation sites is 1. The average Bonchev–Trinajstić information content (AvgIpc) is 2.79. The summed E-state index contributed by atoms with van der Waals surface area (Å²) in [6.07, 6.45) is 0.726. The van der Waals surface area contributed by atoms with E-state index in [-0.39, 0.29) is 5.82 Å². The van der Waals surface area contributed by atoms with Crippen LogP contribution in [0.15, 0.2) is 53.5 Å². The van der Waals surface area contributed by atoms with E-state index in [9.17, 15) is 4.39 Å². The van der Waals surface area contributed by atoms with Gasteiger partial charge in [-0.2, -0.15) is 0 Å². The summed E-state index contributed by atoms with van der Waals surface area (Å²) < 4.78 is 24.8. The molecule has 0 amide bonds. The van der Waals surface area contributed by atoms with Crippen molar-refractivity contribution in [2.75, 3.05) is 52.5 Å². The molecule has 31 heavy (non-hydrogen) atoms. The van der Waals surface area contributed by atoms with E-state index in [1.54, 1.807) is 12.1 Å². The molecule has 2 aromatic rings. The van der Waals surface area contributed by atoms with Gasteiger partial charge in [0.1, 0.15) is 18.2 Å². The van der Waals surface area contributed by atoms with Crippen LogP contribution in [0.25, 0.3) is 0 Å². The fraction of sp³-hybridized carbons (Fsp3) is 0.458. The summed E-state index contributed by atoms with van der Waals surface area (Å²) in [6.45, 7) is 9.05. The first-order valence-electron chi connectivity index (χ1n) is 11.0. The Morgan fingerprint density at radius 1 is 1.13 bits per heavy atom. The molecule has 0 unspecified atom stereocenters. The second-order valence-electron chi connectivity index (χ2n) is 7.41. The molecular formula is C24H33FN4O2. The van der Waals surface area contributed by atoms with Crippen LogP contribution in [0.2, 0.25) is 0 Å². The topological polar surface area (TPSA) is 58.1 Å². The van der Waals surface area contributed by atoms with Crippen molar-refractivity contribution in [3.63, 3.8) is 0 Å². The Bertz CT molecular complexity index is 825. The molecule has 168 valence electrons. The van der Waals surface area contributed by atoms with Gasteiger partial charge in [-0.15, -0.1) is 0 Å². The molecule has 1 heterocycles. The minimum absolute atomic E-state index is 0.205. The fourth-order valence-corrected chi connectivity index (χ4v) is 3.41. The molecule has 2 N–H and O–H groups in total. The van der Waals surface area contributed by atoms with Gasteiger partial charge >= 0.3 is 0 Å². The van der Waals surface area contributed by atoms with Crippen LogP contribution in [0, 0.1) is 5.82 Å². The smallest absolute Gasteiger partial charge is 0.191 e. The second kappa shape index (κ2) is 12.9. The third kappa shape index (κ3) is 8.19. The molecule has 0 aliphatic carbocycles. The summed E-state index contributed by atoms with van der Waals surface area (Å²) in [5, 5.41) is 6.58. The van der Waals surface area contributed by atoms with Gasteiger partial charge in [0.15, 0.2) is 5.96 Å². The Labute approximate surface area is 184 Å². The predicted molar refractivity (Wildman–Crippen MR) is 122 cm³/mol. The number of benzene rings is 2. The molecule has 1 fully saturated rings. The van der Waals surface area contributed by atoms with Crippen molar-refractivity contribution in [1.82, 2.24) is 15.5 Å². The van der Waals surface area contributed by atoms with Crippen LogP contribution >= 0.6 is 0 Å². The van der Waals surface area contributed by atoms with Crippen molar-refractivity contribution in [1.29, 1.82) is 0 Å². The summed E-state index contributed by atoms with van der Waals surface area (Å²) >= 11 is 0. The largest absolute Gasteiger partial charge is 0.492 e. The molecule has 0 saturated carbocycles. The van der Waals surface area contributed by atoms with Crippen LogP contribution in [0.4, 0.5) is 4.39 Å². The van der Waals surface area contributed by atoms with E-state index in [1.807, 2.05) is 37.3 Å². The second-order valence-corrected chi connectivity index (χ2v) is 7.41. The highest BCUT2D eigenvalue weighted by molar-refractivity contribution is 5.79.